The number of rotatable bonds is 8. The lowest BCUT2D eigenvalue weighted by Crippen LogP contribution is -2.30. The molecule has 0 aromatic heterocycles. The van der Waals surface area contributed by atoms with Crippen LogP contribution in [0.15, 0.2) is 36.4 Å². The fourth-order valence-electron chi connectivity index (χ4n) is 2.54. The smallest absolute Gasteiger partial charge is 0.307 e. The Morgan fingerprint density at radius 2 is 1.80 bits per heavy atom. The second kappa shape index (κ2) is 9.98. The molecule has 0 aliphatic heterocycles. The van der Waals surface area contributed by atoms with E-state index < -0.39 is 22.9 Å². The number of ketones is 1. The summed E-state index contributed by atoms with van der Waals surface area (Å²) in [7, 11) is 0. The summed E-state index contributed by atoms with van der Waals surface area (Å²) in [5, 5.41) is 13.2. The predicted octanol–water partition coefficient (Wildman–Crippen LogP) is 4.40. The third-order valence-electron chi connectivity index (χ3n) is 4.48. The van der Waals surface area contributed by atoms with Gasteiger partial charge in [-0.3, -0.25) is 24.5 Å². The molecule has 0 aliphatic carbocycles. The van der Waals surface area contributed by atoms with Crippen LogP contribution in [0.3, 0.4) is 0 Å². The van der Waals surface area contributed by atoms with Gasteiger partial charge in [-0.05, 0) is 44.0 Å². The highest BCUT2D eigenvalue weighted by Gasteiger charge is 2.20. The van der Waals surface area contributed by atoms with Gasteiger partial charge in [-0.1, -0.05) is 23.7 Å². The SMILES string of the molecule is Cc1ccc(C(=O)CCC(=O)OC(C)C(=O)Nc2ccc([N+](=O)[O-])cc2Cl)cc1C. The molecule has 0 bridgehead atoms. The average molecular weight is 433 g/mol. The van der Waals surface area contributed by atoms with E-state index in [9.17, 15) is 24.5 Å². The van der Waals surface area contributed by atoms with Gasteiger partial charge in [0.05, 0.1) is 22.1 Å². The van der Waals surface area contributed by atoms with Crippen molar-refractivity contribution in [3.8, 4) is 0 Å². The summed E-state index contributed by atoms with van der Waals surface area (Å²) in [6.45, 7) is 5.22. The quantitative estimate of drug-likeness (QED) is 0.286. The summed E-state index contributed by atoms with van der Waals surface area (Å²) < 4.78 is 5.06. The molecule has 0 fully saturated rings. The third-order valence-corrected chi connectivity index (χ3v) is 4.80. The number of non-ortho nitro benzene ring substituents is 1. The minimum Gasteiger partial charge on any atom is -0.453 e. The number of nitro groups is 1. The monoisotopic (exact) mass is 432 g/mol. The van der Waals surface area contributed by atoms with E-state index in [1.807, 2.05) is 19.9 Å². The van der Waals surface area contributed by atoms with E-state index in [4.69, 9.17) is 16.3 Å². The molecule has 158 valence electrons. The first-order valence-corrected chi connectivity index (χ1v) is 9.51. The van der Waals surface area contributed by atoms with Crippen LogP contribution in [-0.4, -0.2) is 28.7 Å². The van der Waals surface area contributed by atoms with Crippen molar-refractivity contribution in [2.45, 2.75) is 39.7 Å². The lowest BCUT2D eigenvalue weighted by Gasteiger charge is -2.14. The first-order valence-electron chi connectivity index (χ1n) is 9.13. The number of ether oxygens (including phenoxy) is 1. The van der Waals surface area contributed by atoms with Crippen LogP contribution >= 0.6 is 11.6 Å². The highest BCUT2D eigenvalue weighted by atomic mass is 35.5. The highest BCUT2D eigenvalue weighted by molar-refractivity contribution is 6.34. The molecule has 1 unspecified atom stereocenters. The van der Waals surface area contributed by atoms with E-state index in [0.29, 0.717) is 5.56 Å². The van der Waals surface area contributed by atoms with Crippen molar-refractivity contribution in [3.05, 3.63) is 68.2 Å². The van der Waals surface area contributed by atoms with Crippen molar-refractivity contribution >= 4 is 40.6 Å². The number of aryl methyl sites for hydroxylation is 2. The van der Waals surface area contributed by atoms with E-state index in [1.54, 1.807) is 12.1 Å². The summed E-state index contributed by atoms with van der Waals surface area (Å²) in [6, 6.07) is 8.90. The number of hydrogen-bond donors (Lipinski definition) is 1. The number of anilines is 1. The van der Waals surface area contributed by atoms with Crippen LogP contribution in [0.2, 0.25) is 5.02 Å². The zero-order valence-electron chi connectivity index (χ0n) is 16.7. The normalized spacial score (nSPS) is 11.5. The molecule has 2 aromatic rings. The molecule has 0 heterocycles. The standard InChI is InChI=1S/C21H21ClN2O6/c1-12-4-5-15(10-13(12)2)19(25)8-9-20(26)30-14(3)21(27)23-18-7-6-16(24(28)29)11-17(18)22/h4-7,10-11,14H,8-9H2,1-3H3,(H,23,27). The topological polar surface area (TPSA) is 116 Å². The molecule has 2 aromatic carbocycles. The van der Waals surface area contributed by atoms with E-state index in [-0.39, 0.29) is 35.0 Å². The Balaban J connectivity index is 1.87. The van der Waals surface area contributed by atoms with Gasteiger partial charge in [-0.15, -0.1) is 0 Å². The van der Waals surface area contributed by atoms with Crippen LogP contribution in [-0.2, 0) is 14.3 Å². The Labute approximate surface area is 178 Å². The van der Waals surface area contributed by atoms with Crippen LogP contribution in [0.25, 0.3) is 0 Å². The van der Waals surface area contributed by atoms with Crippen LogP contribution in [0, 0.1) is 24.0 Å². The van der Waals surface area contributed by atoms with E-state index >= 15 is 0 Å². The van der Waals surface area contributed by atoms with E-state index in [2.05, 4.69) is 5.32 Å². The van der Waals surface area contributed by atoms with Crippen molar-refractivity contribution in [2.24, 2.45) is 0 Å². The molecule has 0 saturated heterocycles. The summed E-state index contributed by atoms with van der Waals surface area (Å²) in [5.74, 6) is -1.53. The Bertz CT molecular complexity index is 1000. The number of esters is 1. The van der Waals surface area contributed by atoms with Crippen molar-refractivity contribution in [3.63, 3.8) is 0 Å². The Kier molecular flexibility index (Phi) is 7.66. The van der Waals surface area contributed by atoms with Crippen LogP contribution in [0.4, 0.5) is 11.4 Å². The molecule has 0 radical (unpaired) electrons. The fourth-order valence-corrected chi connectivity index (χ4v) is 2.76. The summed E-state index contributed by atoms with van der Waals surface area (Å²) in [4.78, 5) is 46.6. The fraction of sp³-hybridized carbons (Fsp3) is 0.286. The lowest BCUT2D eigenvalue weighted by atomic mass is 10.0. The number of amides is 1. The highest BCUT2D eigenvalue weighted by Crippen LogP contribution is 2.26. The van der Waals surface area contributed by atoms with Gasteiger partial charge in [-0.25, -0.2) is 0 Å². The van der Waals surface area contributed by atoms with Crippen molar-refractivity contribution < 1.29 is 24.0 Å². The lowest BCUT2D eigenvalue weighted by molar-refractivity contribution is -0.384. The number of carbonyl (C=O) groups excluding carboxylic acids is 3. The average Bonchev–Trinajstić information content (AvgIpc) is 2.69. The summed E-state index contributed by atoms with van der Waals surface area (Å²) in [5.41, 5.74) is 2.51. The van der Waals surface area contributed by atoms with Crippen molar-refractivity contribution in [1.82, 2.24) is 0 Å². The number of carbonyl (C=O) groups is 3. The zero-order chi connectivity index (χ0) is 22.4. The van der Waals surface area contributed by atoms with Gasteiger partial charge in [-0.2, -0.15) is 0 Å². The number of nitrogens with zero attached hydrogens (tertiary/aromatic N) is 1. The van der Waals surface area contributed by atoms with Crippen LogP contribution in [0.5, 0.6) is 0 Å². The van der Waals surface area contributed by atoms with E-state index in [0.717, 1.165) is 17.2 Å². The van der Waals surface area contributed by atoms with Gasteiger partial charge in [0.15, 0.2) is 11.9 Å². The molecule has 1 atom stereocenters. The Hall–Kier alpha value is -3.26. The maximum absolute atomic E-state index is 12.2. The first kappa shape index (κ1) is 23.0. The van der Waals surface area contributed by atoms with E-state index in [1.165, 1.54) is 19.1 Å². The largest absolute Gasteiger partial charge is 0.453 e. The molecule has 8 nitrogen and oxygen atoms in total. The molecule has 1 amide bonds. The maximum atomic E-state index is 12.2. The number of halogens is 1. The number of Topliss-reactive ketones (excluding diaryl/α,β-unsaturated/α-hetero) is 1. The number of hydrogen-bond acceptors (Lipinski definition) is 6. The second-order valence-corrected chi connectivity index (χ2v) is 7.17. The van der Waals surface area contributed by atoms with Crippen LogP contribution in [0.1, 0.15) is 41.3 Å². The molecule has 1 N–H and O–H groups in total. The number of nitro benzene ring substituents is 1. The second-order valence-electron chi connectivity index (χ2n) is 6.76. The Morgan fingerprint density at radius 3 is 2.40 bits per heavy atom. The molecule has 9 heteroatoms. The first-order chi connectivity index (χ1) is 14.1. The van der Waals surface area contributed by atoms with Crippen molar-refractivity contribution in [1.29, 1.82) is 0 Å². The number of benzene rings is 2. The minimum absolute atomic E-state index is 0.0185. The molecule has 0 saturated carbocycles. The van der Waals surface area contributed by atoms with Crippen molar-refractivity contribution in [2.75, 3.05) is 5.32 Å². The molecule has 0 spiro atoms. The maximum Gasteiger partial charge on any atom is 0.307 e. The van der Waals surface area contributed by atoms with Gasteiger partial charge < -0.3 is 10.1 Å². The molecular formula is C21H21ClN2O6. The Morgan fingerprint density at radius 1 is 1.10 bits per heavy atom. The summed E-state index contributed by atoms with van der Waals surface area (Å²) in [6.07, 6.45) is -1.34. The van der Waals surface area contributed by atoms with Crippen LogP contribution < -0.4 is 5.32 Å². The minimum atomic E-state index is -1.14. The van der Waals surface area contributed by atoms with Gasteiger partial charge in [0.25, 0.3) is 11.6 Å². The third kappa shape index (κ3) is 6.12. The molecule has 30 heavy (non-hydrogen) atoms. The number of nitrogens with one attached hydrogen (secondary N) is 1. The zero-order valence-corrected chi connectivity index (χ0v) is 17.5. The summed E-state index contributed by atoms with van der Waals surface area (Å²) >= 11 is 5.93. The van der Waals surface area contributed by atoms with Gasteiger partial charge >= 0.3 is 5.97 Å². The van der Waals surface area contributed by atoms with Gasteiger partial charge in [0, 0.05) is 24.1 Å². The van der Waals surface area contributed by atoms with Gasteiger partial charge in [0.1, 0.15) is 0 Å². The van der Waals surface area contributed by atoms with Gasteiger partial charge in [0.2, 0.25) is 0 Å². The molecule has 0 aliphatic rings. The molecular weight excluding hydrogens is 412 g/mol. The molecule has 2 rings (SSSR count). The predicted molar refractivity (Wildman–Crippen MR) is 112 cm³/mol.